The third-order valence-electron chi connectivity index (χ3n) is 3.75. The highest BCUT2D eigenvalue weighted by Crippen LogP contribution is 2.28. The molecule has 28 heavy (non-hydrogen) atoms. The van der Waals surface area contributed by atoms with Crippen LogP contribution in [0.3, 0.4) is 0 Å². The lowest BCUT2D eigenvalue weighted by Gasteiger charge is -2.14. The van der Waals surface area contributed by atoms with Crippen molar-refractivity contribution in [2.24, 2.45) is 5.16 Å². The van der Waals surface area contributed by atoms with Gasteiger partial charge in [-0.3, -0.25) is 0 Å². The molecule has 0 aliphatic heterocycles. The van der Waals surface area contributed by atoms with Gasteiger partial charge in [-0.1, -0.05) is 17.3 Å². The zero-order chi connectivity index (χ0) is 20.2. The van der Waals surface area contributed by atoms with Gasteiger partial charge in [0.15, 0.2) is 0 Å². The van der Waals surface area contributed by atoms with Crippen molar-refractivity contribution in [3.05, 3.63) is 53.2 Å². The molecule has 2 rings (SSSR count). The monoisotopic (exact) mass is 385 g/mol. The maximum absolute atomic E-state index is 5.93. The van der Waals surface area contributed by atoms with E-state index in [2.05, 4.69) is 20.2 Å². The molecule has 0 aliphatic rings. The second-order valence-electron chi connectivity index (χ2n) is 6.03. The molecule has 0 N–H and O–H groups in total. The van der Waals surface area contributed by atoms with Crippen molar-refractivity contribution in [2.75, 3.05) is 26.9 Å². The first-order chi connectivity index (χ1) is 13.6. The Morgan fingerprint density at radius 3 is 2.39 bits per heavy atom. The highest BCUT2D eigenvalue weighted by molar-refractivity contribution is 5.75. The van der Waals surface area contributed by atoms with Crippen molar-refractivity contribution >= 4 is 6.21 Å². The van der Waals surface area contributed by atoms with E-state index in [-0.39, 0.29) is 0 Å². The number of hydrogen-bond acceptors (Lipinski definition) is 7. The van der Waals surface area contributed by atoms with Gasteiger partial charge in [0.1, 0.15) is 30.9 Å². The molecular weight excluding hydrogens is 358 g/mol. The molecule has 0 saturated carbocycles. The highest BCUT2D eigenvalue weighted by Gasteiger charge is 2.07. The largest absolute Gasteiger partial charge is 0.493 e. The summed E-state index contributed by atoms with van der Waals surface area (Å²) in [5.74, 6) is 2.20. The van der Waals surface area contributed by atoms with Crippen LogP contribution in [0, 0.1) is 13.8 Å². The average molecular weight is 385 g/mol. The topological polar surface area (TPSA) is 75.1 Å². The second kappa shape index (κ2) is 11.6. The Labute approximate surface area is 166 Å². The molecule has 0 saturated heterocycles. The lowest BCUT2D eigenvalue weighted by atomic mass is 10.1. The Morgan fingerprint density at radius 2 is 1.75 bits per heavy atom. The molecule has 0 bridgehead atoms. The van der Waals surface area contributed by atoms with Crippen molar-refractivity contribution < 1.29 is 19.0 Å². The number of allylic oxidation sites excluding steroid dienone is 1. The summed E-state index contributed by atoms with van der Waals surface area (Å²) in [6, 6.07) is 7.48. The molecule has 1 heterocycles. The number of ether oxygens (including phenoxy) is 3. The maximum Gasteiger partial charge on any atom is 0.233 e. The number of nitrogens with zero attached hydrogens (tertiary/aromatic N) is 3. The summed E-state index contributed by atoms with van der Waals surface area (Å²) in [5, 5.41) is 11.6. The zero-order valence-electron chi connectivity index (χ0n) is 16.8. The van der Waals surface area contributed by atoms with E-state index in [0.717, 1.165) is 29.0 Å². The van der Waals surface area contributed by atoms with Gasteiger partial charge in [0, 0.05) is 12.5 Å². The van der Waals surface area contributed by atoms with Crippen LogP contribution in [0.15, 0.2) is 41.6 Å². The summed E-state index contributed by atoms with van der Waals surface area (Å²) in [6.07, 6.45) is 6.15. The molecule has 0 unspecified atom stereocenters. The summed E-state index contributed by atoms with van der Waals surface area (Å²) < 4.78 is 17.2. The van der Waals surface area contributed by atoms with Crippen LogP contribution in [-0.4, -0.2) is 43.3 Å². The number of oxime groups is 1. The first-order valence-electron chi connectivity index (χ1n) is 9.15. The summed E-state index contributed by atoms with van der Waals surface area (Å²) in [4.78, 5) is 4.60. The van der Waals surface area contributed by atoms with Gasteiger partial charge in [0.05, 0.1) is 19.4 Å². The maximum atomic E-state index is 5.93. The summed E-state index contributed by atoms with van der Waals surface area (Å²) in [6.45, 7) is 7.61. The molecule has 7 nitrogen and oxygen atoms in total. The molecule has 0 fully saturated rings. The molecule has 1 aromatic carbocycles. The van der Waals surface area contributed by atoms with Crippen LogP contribution in [0.1, 0.15) is 30.2 Å². The molecule has 0 spiro atoms. The number of aromatic nitrogens is 2. The first kappa shape index (κ1) is 21.2. The number of rotatable bonds is 11. The van der Waals surface area contributed by atoms with E-state index in [1.165, 1.54) is 13.3 Å². The smallest absolute Gasteiger partial charge is 0.233 e. The SMILES string of the molecule is C/C=C/COc1cc(C)c(OCCCOc2ccc(C=NOC)nn2)c(C)c1. The third-order valence-corrected chi connectivity index (χ3v) is 3.75. The molecule has 7 heteroatoms. The Hall–Kier alpha value is -3.09. The van der Waals surface area contributed by atoms with E-state index in [1.807, 2.05) is 45.1 Å². The van der Waals surface area contributed by atoms with E-state index in [4.69, 9.17) is 14.2 Å². The van der Waals surface area contributed by atoms with Gasteiger partial charge in [0.2, 0.25) is 5.88 Å². The van der Waals surface area contributed by atoms with E-state index in [9.17, 15) is 0 Å². The lowest BCUT2D eigenvalue weighted by molar-refractivity contribution is 0.215. The summed E-state index contributed by atoms with van der Waals surface area (Å²) >= 11 is 0. The molecule has 0 radical (unpaired) electrons. The minimum absolute atomic E-state index is 0.463. The molecule has 2 aromatic rings. The van der Waals surface area contributed by atoms with Crippen LogP contribution in [0.4, 0.5) is 0 Å². The Morgan fingerprint density at radius 1 is 1.00 bits per heavy atom. The van der Waals surface area contributed by atoms with Gasteiger partial charge in [0.25, 0.3) is 0 Å². The van der Waals surface area contributed by atoms with E-state index in [1.54, 1.807) is 12.1 Å². The van der Waals surface area contributed by atoms with Crippen LogP contribution >= 0.6 is 0 Å². The normalized spacial score (nSPS) is 11.1. The molecule has 0 aliphatic carbocycles. The predicted molar refractivity (Wildman–Crippen MR) is 108 cm³/mol. The third kappa shape index (κ3) is 6.90. The van der Waals surface area contributed by atoms with E-state index in [0.29, 0.717) is 31.4 Å². The Kier molecular flexibility index (Phi) is 8.78. The van der Waals surface area contributed by atoms with Gasteiger partial charge >= 0.3 is 0 Å². The van der Waals surface area contributed by atoms with E-state index < -0.39 is 0 Å². The lowest BCUT2D eigenvalue weighted by Crippen LogP contribution is -2.08. The van der Waals surface area contributed by atoms with Crippen LogP contribution in [0.2, 0.25) is 0 Å². The van der Waals surface area contributed by atoms with Gasteiger partial charge in [-0.05, 0) is 50.1 Å². The molecule has 1 aromatic heterocycles. The van der Waals surface area contributed by atoms with Crippen LogP contribution < -0.4 is 14.2 Å². The Bertz CT molecular complexity index is 766. The van der Waals surface area contributed by atoms with Crippen molar-refractivity contribution in [3.8, 4) is 17.4 Å². The van der Waals surface area contributed by atoms with Gasteiger partial charge < -0.3 is 19.0 Å². The van der Waals surface area contributed by atoms with Gasteiger partial charge in [-0.25, -0.2) is 0 Å². The quantitative estimate of drug-likeness (QED) is 0.253. The van der Waals surface area contributed by atoms with Gasteiger partial charge in [-0.2, -0.15) is 0 Å². The fraction of sp³-hybridized carbons (Fsp3) is 0.381. The van der Waals surface area contributed by atoms with Crippen molar-refractivity contribution in [2.45, 2.75) is 27.2 Å². The van der Waals surface area contributed by atoms with Crippen LogP contribution in [0.25, 0.3) is 0 Å². The molecule has 150 valence electrons. The minimum Gasteiger partial charge on any atom is -0.493 e. The molecule has 0 amide bonds. The second-order valence-corrected chi connectivity index (χ2v) is 6.03. The number of hydrogen-bond donors (Lipinski definition) is 0. The zero-order valence-corrected chi connectivity index (χ0v) is 16.8. The minimum atomic E-state index is 0.463. The average Bonchev–Trinajstić information content (AvgIpc) is 2.69. The van der Waals surface area contributed by atoms with Gasteiger partial charge in [-0.15, -0.1) is 10.2 Å². The number of aryl methyl sites for hydroxylation is 2. The van der Waals surface area contributed by atoms with Crippen molar-refractivity contribution in [1.82, 2.24) is 10.2 Å². The summed E-state index contributed by atoms with van der Waals surface area (Å²) in [7, 11) is 1.47. The predicted octanol–water partition coefficient (Wildman–Crippen LogP) is 3.88. The highest BCUT2D eigenvalue weighted by atomic mass is 16.6. The standard InChI is InChI=1S/C21H27N3O4/c1-5-6-10-26-19-13-16(2)21(17(3)14-19)28-12-7-11-27-20-9-8-18(23-24-20)15-22-25-4/h5-6,8-9,13-15H,7,10-12H2,1-4H3/b6-5+,22-15?. The molecule has 0 atom stereocenters. The van der Waals surface area contributed by atoms with Crippen molar-refractivity contribution in [1.29, 1.82) is 0 Å². The van der Waals surface area contributed by atoms with Crippen molar-refractivity contribution in [3.63, 3.8) is 0 Å². The number of benzene rings is 1. The fourth-order valence-corrected chi connectivity index (χ4v) is 2.45. The van der Waals surface area contributed by atoms with Crippen LogP contribution in [0.5, 0.6) is 17.4 Å². The summed E-state index contributed by atoms with van der Waals surface area (Å²) in [5.41, 5.74) is 2.70. The van der Waals surface area contributed by atoms with Crippen LogP contribution in [-0.2, 0) is 4.84 Å². The fourth-order valence-electron chi connectivity index (χ4n) is 2.45. The Balaban J connectivity index is 1.76. The molecular formula is C21H27N3O4. The van der Waals surface area contributed by atoms with E-state index >= 15 is 0 Å². The first-order valence-corrected chi connectivity index (χ1v) is 9.15.